The van der Waals surface area contributed by atoms with Gasteiger partial charge in [-0.25, -0.2) is 18.1 Å². The van der Waals surface area contributed by atoms with Gasteiger partial charge < -0.3 is 20.1 Å². The summed E-state index contributed by atoms with van der Waals surface area (Å²) in [7, 11) is -0.898. The smallest absolute Gasteiger partial charge is 0.260 e. The maximum absolute atomic E-state index is 12.0. The van der Waals surface area contributed by atoms with E-state index in [0.29, 0.717) is 0 Å². The molecule has 1 rings (SSSR count). The van der Waals surface area contributed by atoms with Crippen LogP contribution in [0.2, 0.25) is 0 Å². The van der Waals surface area contributed by atoms with Crippen molar-refractivity contribution in [2.45, 2.75) is 11.1 Å². The Morgan fingerprint density at radius 1 is 1.71 bits per heavy atom. The van der Waals surface area contributed by atoms with Gasteiger partial charge in [0.05, 0.1) is 25.6 Å². The molecule has 0 fully saturated rings. The highest BCUT2D eigenvalue weighted by Crippen LogP contribution is 2.15. The van der Waals surface area contributed by atoms with Crippen molar-refractivity contribution < 1.29 is 18.3 Å². The topological polar surface area (TPSA) is 119 Å². The number of ether oxygens (including phenoxy) is 1. The summed E-state index contributed by atoms with van der Waals surface area (Å²) in [6.07, 6.45) is 1.30. The van der Waals surface area contributed by atoms with Crippen molar-refractivity contribution in [3.8, 4) is 0 Å². The molecule has 0 radical (unpaired) electrons. The summed E-state index contributed by atoms with van der Waals surface area (Å²) in [6.45, 7) is -0.307. The lowest BCUT2D eigenvalue weighted by Gasteiger charge is -2.15. The second-order valence-corrected chi connectivity index (χ2v) is 5.13. The molecule has 1 aromatic heterocycles. The van der Waals surface area contributed by atoms with Gasteiger partial charge in [0.15, 0.2) is 10.8 Å². The molecule has 1 heterocycles. The van der Waals surface area contributed by atoms with E-state index >= 15 is 0 Å². The van der Waals surface area contributed by atoms with Crippen LogP contribution in [-0.2, 0) is 21.8 Å². The number of methoxy groups -OCH3 is 1. The van der Waals surface area contributed by atoms with Crippen LogP contribution in [-0.4, -0.2) is 49.4 Å². The highest BCUT2D eigenvalue weighted by molar-refractivity contribution is 7.89. The number of hydrogen-bond donors (Lipinski definition) is 3. The SMILES string of the molecule is COCC(CO)NS(=O)(=O)c1c(N)ncn1C. The number of rotatable bonds is 6. The molecule has 0 amide bonds. The van der Waals surface area contributed by atoms with Crippen LogP contribution in [0.3, 0.4) is 0 Å². The Morgan fingerprint density at radius 3 is 2.76 bits per heavy atom. The fourth-order valence-electron chi connectivity index (χ4n) is 1.36. The monoisotopic (exact) mass is 264 g/mol. The van der Waals surface area contributed by atoms with Crippen molar-refractivity contribution >= 4 is 15.8 Å². The van der Waals surface area contributed by atoms with Crippen molar-refractivity contribution in [3.63, 3.8) is 0 Å². The molecule has 0 bridgehead atoms. The van der Waals surface area contributed by atoms with Crippen molar-refractivity contribution in [1.29, 1.82) is 0 Å². The molecule has 0 aliphatic carbocycles. The van der Waals surface area contributed by atoms with Crippen molar-refractivity contribution in [1.82, 2.24) is 14.3 Å². The van der Waals surface area contributed by atoms with E-state index in [0.717, 1.165) is 0 Å². The highest BCUT2D eigenvalue weighted by Gasteiger charge is 2.25. The summed E-state index contributed by atoms with van der Waals surface area (Å²) < 4.78 is 32.3. The zero-order valence-electron chi connectivity index (χ0n) is 9.62. The number of sulfonamides is 1. The van der Waals surface area contributed by atoms with E-state index in [9.17, 15) is 8.42 Å². The molecular formula is C8H16N4O4S. The normalized spacial score (nSPS) is 13.8. The van der Waals surface area contributed by atoms with E-state index in [1.54, 1.807) is 0 Å². The molecule has 0 aliphatic rings. The van der Waals surface area contributed by atoms with Gasteiger partial charge in [0.1, 0.15) is 0 Å². The minimum Gasteiger partial charge on any atom is -0.395 e. The molecule has 17 heavy (non-hydrogen) atoms. The zero-order chi connectivity index (χ0) is 13.1. The van der Waals surface area contributed by atoms with Crippen LogP contribution in [0.25, 0.3) is 0 Å². The first-order valence-electron chi connectivity index (χ1n) is 4.81. The fourth-order valence-corrected chi connectivity index (χ4v) is 2.81. The van der Waals surface area contributed by atoms with Crippen LogP contribution in [0, 0.1) is 0 Å². The number of nitrogens with zero attached hydrogens (tertiary/aromatic N) is 2. The number of aliphatic hydroxyl groups excluding tert-OH is 1. The van der Waals surface area contributed by atoms with Crippen LogP contribution in [0.4, 0.5) is 5.82 Å². The maximum Gasteiger partial charge on any atom is 0.260 e. The standard InChI is InChI=1S/C8H16N4O4S/c1-12-5-10-7(9)8(12)17(14,15)11-6(3-13)4-16-2/h5-6,11,13H,3-4,9H2,1-2H3. The second kappa shape index (κ2) is 5.45. The van der Waals surface area contributed by atoms with Crippen LogP contribution < -0.4 is 10.5 Å². The predicted octanol–water partition coefficient (Wildman–Crippen LogP) is -1.71. The Hall–Kier alpha value is -1.16. The molecule has 0 spiro atoms. The Bertz CT molecular complexity index is 450. The molecule has 4 N–H and O–H groups in total. The van der Waals surface area contributed by atoms with Crippen molar-refractivity contribution in [3.05, 3.63) is 6.33 Å². The molecule has 0 saturated carbocycles. The van der Waals surface area contributed by atoms with E-state index in [1.165, 1.54) is 25.1 Å². The van der Waals surface area contributed by atoms with Crippen LogP contribution in [0.15, 0.2) is 11.4 Å². The Morgan fingerprint density at radius 2 is 2.35 bits per heavy atom. The van der Waals surface area contributed by atoms with Crippen LogP contribution >= 0.6 is 0 Å². The predicted molar refractivity (Wildman–Crippen MR) is 60.7 cm³/mol. The van der Waals surface area contributed by atoms with Gasteiger partial charge >= 0.3 is 0 Å². The molecule has 8 nitrogen and oxygen atoms in total. The number of aryl methyl sites for hydroxylation is 1. The first-order chi connectivity index (χ1) is 7.92. The molecule has 0 aliphatic heterocycles. The number of hydrogen-bond acceptors (Lipinski definition) is 6. The lowest BCUT2D eigenvalue weighted by atomic mass is 10.4. The lowest BCUT2D eigenvalue weighted by molar-refractivity contribution is 0.139. The van der Waals surface area contributed by atoms with Crippen LogP contribution in [0.1, 0.15) is 0 Å². The Labute approximate surface area is 99.5 Å². The van der Waals surface area contributed by atoms with Crippen molar-refractivity contribution in [2.75, 3.05) is 26.1 Å². The number of aromatic nitrogens is 2. The average molecular weight is 264 g/mol. The van der Waals surface area contributed by atoms with Gasteiger partial charge in [-0.05, 0) is 0 Å². The van der Waals surface area contributed by atoms with Gasteiger partial charge in [0, 0.05) is 14.2 Å². The van der Waals surface area contributed by atoms with E-state index in [4.69, 9.17) is 15.6 Å². The summed E-state index contributed by atoms with van der Waals surface area (Å²) in [4.78, 5) is 3.69. The van der Waals surface area contributed by atoms with Crippen molar-refractivity contribution in [2.24, 2.45) is 7.05 Å². The summed E-state index contributed by atoms with van der Waals surface area (Å²) in [6, 6.07) is -0.723. The molecule has 9 heteroatoms. The number of nitrogen functional groups attached to an aromatic ring is 1. The number of nitrogens with one attached hydrogen (secondary N) is 1. The minimum atomic E-state index is -3.83. The van der Waals surface area contributed by atoms with Gasteiger partial charge in [-0.3, -0.25) is 0 Å². The zero-order valence-corrected chi connectivity index (χ0v) is 10.4. The molecule has 0 saturated heterocycles. The number of imidazole rings is 1. The lowest BCUT2D eigenvalue weighted by Crippen LogP contribution is -2.41. The van der Waals surface area contributed by atoms with Gasteiger partial charge in [-0.15, -0.1) is 0 Å². The third kappa shape index (κ3) is 3.16. The average Bonchev–Trinajstić information content (AvgIpc) is 2.58. The quantitative estimate of drug-likeness (QED) is 0.562. The third-order valence-corrected chi connectivity index (χ3v) is 3.72. The molecule has 1 atom stereocenters. The first-order valence-corrected chi connectivity index (χ1v) is 6.29. The van der Waals surface area contributed by atoms with E-state index in [2.05, 4.69) is 9.71 Å². The fraction of sp³-hybridized carbons (Fsp3) is 0.625. The van der Waals surface area contributed by atoms with Gasteiger partial charge in [-0.2, -0.15) is 0 Å². The number of aliphatic hydroxyl groups is 1. The van der Waals surface area contributed by atoms with E-state index in [1.807, 2.05) is 0 Å². The summed E-state index contributed by atoms with van der Waals surface area (Å²) >= 11 is 0. The van der Waals surface area contributed by atoms with Crippen LogP contribution in [0.5, 0.6) is 0 Å². The second-order valence-electron chi connectivity index (χ2n) is 3.50. The minimum absolute atomic E-state index is 0.0630. The van der Waals surface area contributed by atoms with E-state index < -0.39 is 16.1 Å². The summed E-state index contributed by atoms with van der Waals surface area (Å²) in [5, 5.41) is 8.86. The highest BCUT2D eigenvalue weighted by atomic mass is 32.2. The van der Waals surface area contributed by atoms with Gasteiger partial charge in [-0.1, -0.05) is 0 Å². The Balaban J connectivity index is 2.96. The summed E-state index contributed by atoms with van der Waals surface area (Å²) in [5.41, 5.74) is 5.47. The third-order valence-electron chi connectivity index (χ3n) is 2.07. The molecular weight excluding hydrogens is 248 g/mol. The van der Waals surface area contributed by atoms with Gasteiger partial charge in [0.25, 0.3) is 10.0 Å². The Kier molecular flexibility index (Phi) is 4.46. The van der Waals surface area contributed by atoms with Gasteiger partial charge in [0.2, 0.25) is 0 Å². The van der Waals surface area contributed by atoms with E-state index in [-0.39, 0.29) is 24.1 Å². The molecule has 1 aromatic rings. The molecule has 0 aromatic carbocycles. The number of anilines is 1. The first kappa shape index (κ1) is 13.9. The number of nitrogens with two attached hydrogens (primary N) is 1. The maximum atomic E-state index is 12.0. The molecule has 1 unspecified atom stereocenters. The molecule has 98 valence electrons. The largest absolute Gasteiger partial charge is 0.395 e. The summed E-state index contributed by atoms with van der Waals surface area (Å²) in [5.74, 6) is -0.0888.